The van der Waals surface area contributed by atoms with Crippen LogP contribution in [0.5, 0.6) is 0 Å². The van der Waals surface area contributed by atoms with Crippen molar-refractivity contribution in [1.29, 1.82) is 0 Å². The lowest BCUT2D eigenvalue weighted by Crippen LogP contribution is -2.39. The van der Waals surface area contributed by atoms with Crippen LogP contribution in [0.15, 0.2) is 29.3 Å². The first kappa shape index (κ1) is 21.2. The molecule has 2 heterocycles. The molecule has 0 atom stereocenters. The highest BCUT2D eigenvalue weighted by atomic mass is 16.2. The maximum atomic E-state index is 12.7. The fraction of sp³-hybridized carbons (Fsp3) is 0.565. The molecule has 0 spiro atoms. The van der Waals surface area contributed by atoms with Crippen molar-refractivity contribution < 1.29 is 4.79 Å². The summed E-state index contributed by atoms with van der Waals surface area (Å²) in [5.41, 5.74) is 1.92. The summed E-state index contributed by atoms with van der Waals surface area (Å²) < 4.78 is 0. The van der Waals surface area contributed by atoms with Gasteiger partial charge in [0.1, 0.15) is 5.82 Å². The van der Waals surface area contributed by atoms with Crippen LogP contribution >= 0.6 is 0 Å². The van der Waals surface area contributed by atoms with Crippen LogP contribution in [0.1, 0.15) is 63.1 Å². The number of nitrogens with one attached hydrogen (secondary N) is 1. The Morgan fingerprint density at radius 2 is 1.90 bits per heavy atom. The molecule has 6 nitrogen and oxygen atoms in total. The maximum absolute atomic E-state index is 12.7. The number of aryl methyl sites for hydroxylation is 1. The van der Waals surface area contributed by atoms with E-state index >= 15 is 0 Å². The van der Waals surface area contributed by atoms with Gasteiger partial charge in [0.15, 0.2) is 0 Å². The Hall–Kier alpha value is -2.50. The van der Waals surface area contributed by atoms with Crippen molar-refractivity contribution in [3.63, 3.8) is 0 Å². The Morgan fingerprint density at radius 1 is 1.21 bits per heavy atom. The van der Waals surface area contributed by atoms with Gasteiger partial charge in [0, 0.05) is 48.7 Å². The fourth-order valence-electron chi connectivity index (χ4n) is 4.39. The van der Waals surface area contributed by atoms with E-state index in [0.717, 1.165) is 24.3 Å². The van der Waals surface area contributed by atoms with E-state index in [0.29, 0.717) is 36.0 Å². The average molecular weight is 397 g/mol. The molecule has 0 aromatic carbocycles. The maximum Gasteiger partial charge on any atom is 0.254 e. The number of pyridine rings is 1. The molecule has 2 aromatic rings. The van der Waals surface area contributed by atoms with E-state index < -0.39 is 0 Å². The van der Waals surface area contributed by atoms with Crippen LogP contribution < -0.4 is 5.56 Å². The molecule has 29 heavy (non-hydrogen) atoms. The summed E-state index contributed by atoms with van der Waals surface area (Å²) in [6, 6.07) is 3.96. The lowest BCUT2D eigenvalue weighted by Gasteiger charge is -2.34. The summed E-state index contributed by atoms with van der Waals surface area (Å²) >= 11 is 0. The van der Waals surface area contributed by atoms with Gasteiger partial charge in [-0.1, -0.05) is 19.8 Å². The van der Waals surface area contributed by atoms with E-state index in [9.17, 15) is 9.59 Å². The number of nitrogens with zero attached hydrogens (tertiary/aromatic N) is 3. The van der Waals surface area contributed by atoms with Crippen molar-refractivity contribution in [2.45, 2.75) is 71.3 Å². The van der Waals surface area contributed by atoms with Crippen LogP contribution in [0, 0.1) is 12.8 Å². The SMILES string of the molecule is CCCC1CCC(N(C)C(=O)CCc2c(C)nc(-c3ccncc3)[nH]c2=O)CC1. The van der Waals surface area contributed by atoms with E-state index in [1.165, 1.54) is 25.7 Å². The number of hydrogen-bond acceptors (Lipinski definition) is 4. The highest BCUT2D eigenvalue weighted by Gasteiger charge is 2.26. The minimum atomic E-state index is -0.167. The van der Waals surface area contributed by atoms with Crippen molar-refractivity contribution in [3.8, 4) is 11.4 Å². The van der Waals surface area contributed by atoms with Crippen molar-refractivity contribution in [2.75, 3.05) is 7.05 Å². The zero-order valence-corrected chi connectivity index (χ0v) is 17.8. The first-order valence-electron chi connectivity index (χ1n) is 10.8. The molecule has 3 rings (SSSR count). The van der Waals surface area contributed by atoms with Gasteiger partial charge in [0.2, 0.25) is 5.91 Å². The average Bonchev–Trinajstić information content (AvgIpc) is 2.73. The monoisotopic (exact) mass is 396 g/mol. The number of carbonyl (C=O) groups excluding carboxylic acids is 1. The van der Waals surface area contributed by atoms with Gasteiger partial charge in [-0.05, 0) is 57.1 Å². The van der Waals surface area contributed by atoms with E-state index in [4.69, 9.17) is 0 Å². The molecule has 1 fully saturated rings. The van der Waals surface area contributed by atoms with Crippen LogP contribution in [0.2, 0.25) is 0 Å². The van der Waals surface area contributed by atoms with Gasteiger partial charge in [-0.25, -0.2) is 4.98 Å². The van der Waals surface area contributed by atoms with Gasteiger partial charge in [-0.2, -0.15) is 0 Å². The molecule has 0 bridgehead atoms. The van der Waals surface area contributed by atoms with Crippen LogP contribution in [-0.4, -0.2) is 38.8 Å². The van der Waals surface area contributed by atoms with Crippen molar-refractivity contribution >= 4 is 5.91 Å². The molecular weight excluding hydrogens is 364 g/mol. The highest BCUT2D eigenvalue weighted by molar-refractivity contribution is 5.76. The van der Waals surface area contributed by atoms with Crippen LogP contribution in [-0.2, 0) is 11.2 Å². The second kappa shape index (κ2) is 9.81. The van der Waals surface area contributed by atoms with E-state index in [-0.39, 0.29) is 11.5 Å². The van der Waals surface area contributed by atoms with Gasteiger partial charge < -0.3 is 9.88 Å². The summed E-state index contributed by atoms with van der Waals surface area (Å²) in [5.74, 6) is 1.47. The van der Waals surface area contributed by atoms with Crippen LogP contribution in [0.4, 0.5) is 0 Å². The van der Waals surface area contributed by atoms with Gasteiger partial charge in [-0.3, -0.25) is 14.6 Å². The number of carbonyl (C=O) groups is 1. The van der Waals surface area contributed by atoms with E-state index in [1.54, 1.807) is 12.4 Å². The third-order valence-electron chi connectivity index (χ3n) is 6.22. The Labute approximate surface area is 172 Å². The van der Waals surface area contributed by atoms with Crippen molar-refractivity contribution in [3.05, 3.63) is 46.1 Å². The Kier molecular flexibility index (Phi) is 7.18. The molecule has 1 N–H and O–H groups in total. The Morgan fingerprint density at radius 3 is 2.52 bits per heavy atom. The molecule has 0 aliphatic heterocycles. The third kappa shape index (κ3) is 5.31. The number of hydrogen-bond donors (Lipinski definition) is 1. The first-order chi connectivity index (χ1) is 14.0. The Bertz CT molecular complexity index is 870. The van der Waals surface area contributed by atoms with Crippen LogP contribution in [0.3, 0.4) is 0 Å². The number of aromatic nitrogens is 3. The summed E-state index contributed by atoms with van der Waals surface area (Å²) in [5, 5.41) is 0. The van der Waals surface area contributed by atoms with E-state index in [2.05, 4.69) is 21.9 Å². The summed E-state index contributed by atoms with van der Waals surface area (Å²) in [4.78, 5) is 38.6. The molecule has 156 valence electrons. The normalized spacial score (nSPS) is 19.1. The number of rotatable bonds is 7. The summed E-state index contributed by atoms with van der Waals surface area (Å²) in [6.07, 6.45) is 11.3. The topological polar surface area (TPSA) is 79.0 Å². The molecule has 1 saturated carbocycles. The van der Waals surface area contributed by atoms with Crippen LogP contribution in [0.25, 0.3) is 11.4 Å². The van der Waals surface area contributed by atoms with Gasteiger partial charge in [0.05, 0.1) is 0 Å². The predicted octanol–water partition coefficient (Wildman–Crippen LogP) is 3.89. The zero-order valence-electron chi connectivity index (χ0n) is 17.8. The zero-order chi connectivity index (χ0) is 20.8. The number of aromatic amines is 1. The first-order valence-corrected chi connectivity index (χ1v) is 10.8. The standard InChI is InChI=1S/C23H32N4O2/c1-4-5-17-6-8-19(9-7-17)27(3)21(28)11-10-20-16(2)25-22(26-23(20)29)18-12-14-24-15-13-18/h12-15,17,19H,4-11H2,1-3H3,(H,25,26,29). The largest absolute Gasteiger partial charge is 0.343 e. The lowest BCUT2D eigenvalue weighted by atomic mass is 9.83. The minimum Gasteiger partial charge on any atom is -0.343 e. The second-order valence-corrected chi connectivity index (χ2v) is 8.18. The van der Waals surface area contributed by atoms with Crippen molar-refractivity contribution in [1.82, 2.24) is 19.9 Å². The lowest BCUT2D eigenvalue weighted by molar-refractivity contribution is -0.132. The molecule has 2 aromatic heterocycles. The molecule has 1 aliphatic carbocycles. The van der Waals surface area contributed by atoms with E-state index in [1.807, 2.05) is 31.0 Å². The third-order valence-corrected chi connectivity index (χ3v) is 6.22. The molecule has 0 unspecified atom stereocenters. The number of H-pyrrole nitrogens is 1. The number of amides is 1. The van der Waals surface area contributed by atoms with Crippen molar-refractivity contribution in [2.24, 2.45) is 5.92 Å². The highest BCUT2D eigenvalue weighted by Crippen LogP contribution is 2.30. The van der Waals surface area contributed by atoms with Gasteiger partial charge >= 0.3 is 0 Å². The fourth-order valence-corrected chi connectivity index (χ4v) is 4.39. The molecule has 6 heteroatoms. The van der Waals surface area contributed by atoms with Gasteiger partial charge in [-0.15, -0.1) is 0 Å². The molecule has 1 aliphatic rings. The Balaban J connectivity index is 1.59. The molecule has 1 amide bonds. The molecule has 0 radical (unpaired) electrons. The quantitative estimate of drug-likeness (QED) is 0.770. The second-order valence-electron chi connectivity index (χ2n) is 8.18. The van der Waals surface area contributed by atoms with Gasteiger partial charge in [0.25, 0.3) is 5.56 Å². The smallest absolute Gasteiger partial charge is 0.254 e. The minimum absolute atomic E-state index is 0.112. The molecular formula is C23H32N4O2. The predicted molar refractivity (Wildman–Crippen MR) is 115 cm³/mol. The summed E-state index contributed by atoms with van der Waals surface area (Å²) in [6.45, 7) is 4.07. The summed E-state index contributed by atoms with van der Waals surface area (Å²) in [7, 11) is 1.91. The molecule has 0 saturated heterocycles.